The molecule has 2 unspecified atom stereocenters. The Bertz CT molecular complexity index is 396. The predicted octanol–water partition coefficient (Wildman–Crippen LogP) is 2.15. The highest BCUT2D eigenvalue weighted by Gasteiger charge is 2.26. The van der Waals surface area contributed by atoms with Gasteiger partial charge in [0.15, 0.2) is 5.01 Å². The molecule has 4 nitrogen and oxygen atoms in total. The van der Waals surface area contributed by atoms with E-state index in [4.69, 9.17) is 5.73 Å². The van der Waals surface area contributed by atoms with Gasteiger partial charge in [0, 0.05) is 6.04 Å². The van der Waals surface area contributed by atoms with Crippen molar-refractivity contribution in [3.05, 3.63) is 15.0 Å². The average Bonchev–Trinajstić information content (AvgIpc) is 2.88. The van der Waals surface area contributed by atoms with E-state index in [-0.39, 0.29) is 5.91 Å². The Morgan fingerprint density at radius 1 is 1.65 bits per heavy atom. The molecule has 1 amide bonds. The molecule has 2 atom stereocenters. The molecule has 1 aromatic rings. The van der Waals surface area contributed by atoms with E-state index in [0.29, 0.717) is 17.0 Å². The SMILES string of the molecule is NCCC1CCC(NC(=O)c2ncc(Br)s2)C1. The zero-order valence-electron chi connectivity index (χ0n) is 9.49. The molecule has 0 bridgehead atoms. The van der Waals surface area contributed by atoms with Crippen molar-refractivity contribution in [1.29, 1.82) is 0 Å². The van der Waals surface area contributed by atoms with Gasteiger partial charge in [0.1, 0.15) is 0 Å². The fourth-order valence-electron chi connectivity index (χ4n) is 2.31. The van der Waals surface area contributed by atoms with Gasteiger partial charge in [-0.15, -0.1) is 11.3 Å². The Hall–Kier alpha value is -0.460. The molecule has 1 aliphatic rings. The van der Waals surface area contributed by atoms with E-state index in [0.717, 1.165) is 29.6 Å². The van der Waals surface area contributed by atoms with Crippen LogP contribution in [0.15, 0.2) is 9.98 Å². The summed E-state index contributed by atoms with van der Waals surface area (Å²) in [7, 11) is 0. The molecule has 17 heavy (non-hydrogen) atoms. The number of halogens is 1. The maximum atomic E-state index is 11.9. The number of rotatable bonds is 4. The van der Waals surface area contributed by atoms with E-state index >= 15 is 0 Å². The van der Waals surface area contributed by atoms with E-state index in [1.54, 1.807) is 6.20 Å². The van der Waals surface area contributed by atoms with Gasteiger partial charge >= 0.3 is 0 Å². The van der Waals surface area contributed by atoms with Gasteiger partial charge in [0.05, 0.1) is 9.98 Å². The average molecular weight is 318 g/mol. The third-order valence-electron chi connectivity index (χ3n) is 3.12. The number of thiazole rings is 1. The van der Waals surface area contributed by atoms with Crippen LogP contribution in [0, 0.1) is 5.92 Å². The lowest BCUT2D eigenvalue weighted by Gasteiger charge is -2.11. The minimum atomic E-state index is -0.0564. The first-order valence-corrected chi connectivity index (χ1v) is 7.42. The Labute approximate surface area is 113 Å². The van der Waals surface area contributed by atoms with Crippen molar-refractivity contribution in [3.8, 4) is 0 Å². The molecule has 94 valence electrons. The number of nitrogens with one attached hydrogen (secondary N) is 1. The maximum absolute atomic E-state index is 11.9. The summed E-state index contributed by atoms with van der Waals surface area (Å²) in [4.78, 5) is 15.9. The summed E-state index contributed by atoms with van der Waals surface area (Å²) in [6.45, 7) is 0.741. The van der Waals surface area contributed by atoms with Crippen LogP contribution in [-0.4, -0.2) is 23.5 Å². The van der Waals surface area contributed by atoms with Gasteiger partial charge in [-0.25, -0.2) is 4.98 Å². The van der Waals surface area contributed by atoms with Crippen LogP contribution in [0.3, 0.4) is 0 Å². The van der Waals surface area contributed by atoms with Crippen molar-refractivity contribution in [3.63, 3.8) is 0 Å². The minimum Gasteiger partial charge on any atom is -0.347 e. The van der Waals surface area contributed by atoms with E-state index in [9.17, 15) is 4.79 Å². The molecule has 0 aromatic carbocycles. The number of nitrogens with zero attached hydrogens (tertiary/aromatic N) is 1. The van der Waals surface area contributed by atoms with Gasteiger partial charge in [0.25, 0.3) is 5.91 Å². The molecule has 1 aliphatic carbocycles. The lowest BCUT2D eigenvalue weighted by atomic mass is 10.0. The Balaban J connectivity index is 1.84. The number of carbonyl (C=O) groups is 1. The van der Waals surface area contributed by atoms with Crippen molar-refractivity contribution in [2.45, 2.75) is 31.7 Å². The van der Waals surface area contributed by atoms with Crippen LogP contribution >= 0.6 is 27.3 Å². The van der Waals surface area contributed by atoms with Crippen LogP contribution in [0.25, 0.3) is 0 Å². The zero-order chi connectivity index (χ0) is 12.3. The summed E-state index contributed by atoms with van der Waals surface area (Å²) in [5, 5.41) is 3.57. The Morgan fingerprint density at radius 3 is 3.12 bits per heavy atom. The molecule has 1 aromatic heterocycles. The molecule has 0 aliphatic heterocycles. The standard InChI is InChI=1S/C11H16BrN3OS/c12-9-6-14-11(17-9)10(16)15-8-2-1-7(5-8)3-4-13/h6-8H,1-5,13H2,(H,15,16). The quantitative estimate of drug-likeness (QED) is 0.894. The van der Waals surface area contributed by atoms with Gasteiger partial charge in [-0.2, -0.15) is 0 Å². The zero-order valence-corrected chi connectivity index (χ0v) is 11.9. The Kier molecular flexibility index (Phi) is 4.53. The monoisotopic (exact) mass is 317 g/mol. The third kappa shape index (κ3) is 3.50. The second-order valence-corrected chi connectivity index (χ2v) is 6.81. The number of hydrogen-bond acceptors (Lipinski definition) is 4. The van der Waals surface area contributed by atoms with Gasteiger partial charge in [-0.05, 0) is 54.1 Å². The number of nitrogens with two attached hydrogens (primary N) is 1. The van der Waals surface area contributed by atoms with E-state index in [1.165, 1.54) is 17.8 Å². The van der Waals surface area contributed by atoms with Gasteiger partial charge < -0.3 is 11.1 Å². The molecule has 0 saturated heterocycles. The fourth-order valence-corrected chi connectivity index (χ4v) is 3.42. The Morgan fingerprint density at radius 2 is 2.47 bits per heavy atom. The van der Waals surface area contributed by atoms with Crippen molar-refractivity contribution in [2.24, 2.45) is 11.7 Å². The third-order valence-corrected chi connectivity index (χ3v) is 4.60. The highest BCUT2D eigenvalue weighted by Crippen LogP contribution is 2.28. The number of aromatic nitrogens is 1. The van der Waals surface area contributed by atoms with Gasteiger partial charge in [-0.1, -0.05) is 0 Å². The lowest BCUT2D eigenvalue weighted by molar-refractivity contribution is 0.0936. The van der Waals surface area contributed by atoms with Crippen LogP contribution < -0.4 is 11.1 Å². The second kappa shape index (κ2) is 5.93. The highest BCUT2D eigenvalue weighted by atomic mass is 79.9. The van der Waals surface area contributed by atoms with Crippen molar-refractivity contribution in [1.82, 2.24) is 10.3 Å². The fraction of sp³-hybridized carbons (Fsp3) is 0.636. The smallest absolute Gasteiger partial charge is 0.280 e. The summed E-state index contributed by atoms with van der Waals surface area (Å²) in [6.07, 6.45) is 6.00. The van der Waals surface area contributed by atoms with Crippen molar-refractivity contribution in [2.75, 3.05) is 6.54 Å². The number of amides is 1. The normalized spacial score (nSPS) is 23.9. The van der Waals surface area contributed by atoms with Crippen LogP contribution in [-0.2, 0) is 0 Å². The van der Waals surface area contributed by atoms with Crippen LogP contribution in [0.4, 0.5) is 0 Å². The lowest BCUT2D eigenvalue weighted by Crippen LogP contribution is -2.32. The molecular weight excluding hydrogens is 302 g/mol. The summed E-state index contributed by atoms with van der Waals surface area (Å²) in [5.41, 5.74) is 5.55. The second-order valence-electron chi connectivity index (χ2n) is 4.40. The highest BCUT2D eigenvalue weighted by molar-refractivity contribution is 9.11. The first-order chi connectivity index (χ1) is 8.19. The molecule has 0 radical (unpaired) electrons. The largest absolute Gasteiger partial charge is 0.347 e. The maximum Gasteiger partial charge on any atom is 0.280 e. The minimum absolute atomic E-state index is 0.0564. The summed E-state index contributed by atoms with van der Waals surface area (Å²) >= 11 is 4.67. The van der Waals surface area contributed by atoms with Crippen LogP contribution in [0.5, 0.6) is 0 Å². The topological polar surface area (TPSA) is 68.0 Å². The molecule has 1 saturated carbocycles. The number of hydrogen-bond donors (Lipinski definition) is 2. The van der Waals surface area contributed by atoms with Crippen molar-refractivity contribution < 1.29 is 4.79 Å². The van der Waals surface area contributed by atoms with E-state index in [2.05, 4.69) is 26.2 Å². The summed E-state index contributed by atoms with van der Waals surface area (Å²) in [5.74, 6) is 0.618. The predicted molar refractivity (Wildman–Crippen MR) is 72.1 cm³/mol. The van der Waals surface area contributed by atoms with Crippen LogP contribution in [0.2, 0.25) is 0 Å². The summed E-state index contributed by atoms with van der Waals surface area (Å²) < 4.78 is 0.884. The molecule has 2 rings (SSSR count). The van der Waals surface area contributed by atoms with Crippen LogP contribution in [0.1, 0.15) is 35.5 Å². The molecule has 1 heterocycles. The van der Waals surface area contributed by atoms with E-state index < -0.39 is 0 Å². The molecule has 0 spiro atoms. The first-order valence-electron chi connectivity index (χ1n) is 5.81. The molecule has 3 N–H and O–H groups in total. The summed E-state index contributed by atoms with van der Waals surface area (Å²) in [6, 6.07) is 0.293. The van der Waals surface area contributed by atoms with Gasteiger partial charge in [0.2, 0.25) is 0 Å². The molecule has 1 fully saturated rings. The first kappa shape index (κ1) is 13.0. The van der Waals surface area contributed by atoms with Crippen molar-refractivity contribution >= 4 is 33.2 Å². The number of carbonyl (C=O) groups excluding carboxylic acids is 1. The molecular formula is C11H16BrN3OS. The van der Waals surface area contributed by atoms with Gasteiger partial charge in [-0.3, -0.25) is 4.79 Å². The van der Waals surface area contributed by atoms with E-state index in [1.807, 2.05) is 0 Å². The molecule has 6 heteroatoms.